The van der Waals surface area contributed by atoms with E-state index in [1.54, 1.807) is 6.92 Å². The van der Waals surface area contributed by atoms with Crippen LogP contribution in [0.15, 0.2) is 0 Å². The normalized spacial score (nSPS) is 16.5. The van der Waals surface area contributed by atoms with Crippen molar-refractivity contribution >= 4 is 28.3 Å². The molecule has 0 radical (unpaired) electrons. The van der Waals surface area contributed by atoms with E-state index in [1.807, 2.05) is 0 Å². The molecule has 0 spiro atoms. The monoisotopic (exact) mass is 269 g/mol. The van der Waals surface area contributed by atoms with Crippen LogP contribution in [0.1, 0.15) is 49.4 Å². The molecular weight excluding hydrogens is 250 g/mol. The van der Waals surface area contributed by atoms with E-state index in [4.69, 9.17) is 10.5 Å². The minimum absolute atomic E-state index is 0.261. The molecule has 1 saturated carbocycles. The minimum atomic E-state index is -0.387. The largest absolute Gasteiger partial charge is 0.462 e. The highest BCUT2D eigenvalue weighted by molar-refractivity contribution is 7.11. The fourth-order valence-corrected chi connectivity index (χ4v) is 3.01. The standard InChI is InChI=1S/C12H19N3O2S/c1-2-17-12(16)9-10(13)15-18-11(9)14-8-6-4-3-5-7-8/h8,14H,2-7H2,1H3,(H2,13,15). The number of nitrogens with one attached hydrogen (secondary N) is 1. The van der Waals surface area contributed by atoms with Gasteiger partial charge in [0.15, 0.2) is 5.82 Å². The SMILES string of the molecule is CCOC(=O)c1c(N)nsc1NC1CCCCC1. The summed E-state index contributed by atoms with van der Waals surface area (Å²) in [4.78, 5) is 11.8. The lowest BCUT2D eigenvalue weighted by atomic mass is 9.95. The fraction of sp³-hybridized carbons (Fsp3) is 0.667. The fourth-order valence-electron chi connectivity index (χ4n) is 2.23. The molecule has 0 bridgehead atoms. The van der Waals surface area contributed by atoms with Crippen molar-refractivity contribution in [1.29, 1.82) is 0 Å². The second-order valence-electron chi connectivity index (χ2n) is 4.47. The Hall–Kier alpha value is -1.30. The van der Waals surface area contributed by atoms with Gasteiger partial charge in [-0.3, -0.25) is 0 Å². The Bertz CT molecular complexity index is 413. The second kappa shape index (κ2) is 6.04. The van der Waals surface area contributed by atoms with Gasteiger partial charge in [-0.2, -0.15) is 4.37 Å². The molecule has 1 aromatic heterocycles. The van der Waals surface area contributed by atoms with Crippen molar-refractivity contribution in [1.82, 2.24) is 4.37 Å². The average Bonchev–Trinajstić information content (AvgIpc) is 2.72. The molecule has 2 rings (SSSR count). The van der Waals surface area contributed by atoms with Crippen LogP contribution in [0, 0.1) is 0 Å². The second-order valence-corrected chi connectivity index (χ2v) is 5.25. The summed E-state index contributed by atoms with van der Waals surface area (Å²) in [5, 5.41) is 4.13. The third-order valence-electron chi connectivity index (χ3n) is 3.14. The first-order valence-corrected chi connectivity index (χ1v) is 7.18. The number of nitrogens with two attached hydrogens (primary N) is 1. The maximum atomic E-state index is 11.8. The molecule has 18 heavy (non-hydrogen) atoms. The third kappa shape index (κ3) is 2.93. The number of carbonyl (C=O) groups is 1. The lowest BCUT2D eigenvalue weighted by Gasteiger charge is -2.23. The van der Waals surface area contributed by atoms with Gasteiger partial charge in [-0.05, 0) is 31.3 Å². The molecule has 1 aliphatic carbocycles. The summed E-state index contributed by atoms with van der Waals surface area (Å²) in [7, 11) is 0. The van der Waals surface area contributed by atoms with Crippen LogP contribution >= 0.6 is 11.5 Å². The number of ether oxygens (including phenoxy) is 1. The van der Waals surface area contributed by atoms with Crippen LogP contribution in [0.2, 0.25) is 0 Å². The number of nitrogen functional groups attached to an aromatic ring is 1. The summed E-state index contributed by atoms with van der Waals surface area (Å²) in [6.45, 7) is 2.12. The molecule has 0 aromatic carbocycles. The Morgan fingerprint density at radius 1 is 1.50 bits per heavy atom. The topological polar surface area (TPSA) is 77.2 Å². The number of nitrogens with zero attached hydrogens (tertiary/aromatic N) is 1. The quantitative estimate of drug-likeness (QED) is 0.822. The zero-order valence-electron chi connectivity index (χ0n) is 10.6. The summed E-state index contributed by atoms with van der Waals surface area (Å²) < 4.78 is 9.05. The van der Waals surface area contributed by atoms with E-state index in [2.05, 4.69) is 9.69 Å². The Kier molecular flexibility index (Phi) is 4.41. The zero-order chi connectivity index (χ0) is 13.0. The molecule has 1 aliphatic rings. The Morgan fingerprint density at radius 2 is 2.22 bits per heavy atom. The van der Waals surface area contributed by atoms with E-state index in [0.29, 0.717) is 18.2 Å². The van der Waals surface area contributed by atoms with Gasteiger partial charge in [-0.25, -0.2) is 4.79 Å². The van der Waals surface area contributed by atoms with Crippen LogP contribution in [0.5, 0.6) is 0 Å². The van der Waals surface area contributed by atoms with Crippen molar-refractivity contribution in [3.8, 4) is 0 Å². The van der Waals surface area contributed by atoms with E-state index in [9.17, 15) is 4.79 Å². The summed E-state index contributed by atoms with van der Waals surface area (Å²) in [5.74, 6) is -0.126. The molecule has 1 aromatic rings. The third-order valence-corrected chi connectivity index (χ3v) is 3.93. The van der Waals surface area contributed by atoms with Gasteiger partial charge in [0.05, 0.1) is 6.61 Å². The number of carbonyl (C=O) groups excluding carboxylic acids is 1. The maximum absolute atomic E-state index is 11.8. The van der Waals surface area contributed by atoms with E-state index in [-0.39, 0.29) is 11.8 Å². The number of hydrogen-bond acceptors (Lipinski definition) is 6. The van der Waals surface area contributed by atoms with Gasteiger partial charge < -0.3 is 15.8 Å². The van der Waals surface area contributed by atoms with Gasteiger partial charge in [-0.15, -0.1) is 0 Å². The van der Waals surface area contributed by atoms with Gasteiger partial charge >= 0.3 is 5.97 Å². The van der Waals surface area contributed by atoms with Gasteiger partial charge in [0, 0.05) is 6.04 Å². The van der Waals surface area contributed by atoms with Crippen molar-refractivity contribution in [2.45, 2.75) is 45.1 Å². The lowest BCUT2D eigenvalue weighted by molar-refractivity contribution is 0.0529. The van der Waals surface area contributed by atoms with E-state index in [0.717, 1.165) is 17.8 Å². The van der Waals surface area contributed by atoms with Gasteiger partial charge in [-0.1, -0.05) is 19.3 Å². The first kappa shape index (κ1) is 13.1. The summed E-state index contributed by atoms with van der Waals surface area (Å²) in [6, 6.07) is 0.423. The summed E-state index contributed by atoms with van der Waals surface area (Å²) >= 11 is 1.24. The van der Waals surface area contributed by atoms with Gasteiger partial charge in [0.2, 0.25) is 0 Å². The summed E-state index contributed by atoms with van der Waals surface area (Å²) in [5.41, 5.74) is 6.13. The molecule has 0 amide bonds. The number of anilines is 2. The summed E-state index contributed by atoms with van der Waals surface area (Å²) in [6.07, 6.45) is 6.05. The van der Waals surface area contributed by atoms with Crippen molar-refractivity contribution in [3.63, 3.8) is 0 Å². The maximum Gasteiger partial charge on any atom is 0.344 e. The number of esters is 1. The molecule has 1 heterocycles. The highest BCUT2D eigenvalue weighted by Gasteiger charge is 2.23. The van der Waals surface area contributed by atoms with Crippen LogP contribution in [0.4, 0.5) is 10.8 Å². The lowest BCUT2D eigenvalue weighted by Crippen LogP contribution is -2.23. The van der Waals surface area contributed by atoms with Crippen molar-refractivity contribution in [2.75, 3.05) is 17.7 Å². The van der Waals surface area contributed by atoms with Crippen molar-refractivity contribution in [3.05, 3.63) is 5.56 Å². The molecule has 0 atom stereocenters. The van der Waals surface area contributed by atoms with Gasteiger partial charge in [0.25, 0.3) is 0 Å². The van der Waals surface area contributed by atoms with Crippen LogP contribution in [0.25, 0.3) is 0 Å². The molecule has 0 saturated heterocycles. The van der Waals surface area contributed by atoms with Crippen LogP contribution in [-0.2, 0) is 4.74 Å². The highest BCUT2D eigenvalue weighted by atomic mass is 32.1. The molecule has 3 N–H and O–H groups in total. The zero-order valence-corrected chi connectivity index (χ0v) is 11.4. The molecule has 5 nitrogen and oxygen atoms in total. The molecule has 1 fully saturated rings. The first-order chi connectivity index (χ1) is 8.72. The Balaban J connectivity index is 2.09. The average molecular weight is 269 g/mol. The number of rotatable bonds is 4. The van der Waals surface area contributed by atoms with Crippen molar-refractivity contribution in [2.24, 2.45) is 0 Å². The molecule has 0 unspecified atom stereocenters. The first-order valence-electron chi connectivity index (χ1n) is 6.41. The predicted molar refractivity (Wildman–Crippen MR) is 73.0 cm³/mol. The van der Waals surface area contributed by atoms with E-state index >= 15 is 0 Å². The Morgan fingerprint density at radius 3 is 2.89 bits per heavy atom. The molecule has 0 aliphatic heterocycles. The van der Waals surface area contributed by atoms with E-state index < -0.39 is 0 Å². The predicted octanol–water partition coefficient (Wildman–Crippen LogP) is 2.65. The number of aromatic nitrogens is 1. The van der Waals surface area contributed by atoms with E-state index in [1.165, 1.54) is 30.8 Å². The van der Waals surface area contributed by atoms with Gasteiger partial charge in [0.1, 0.15) is 10.6 Å². The van der Waals surface area contributed by atoms with Crippen molar-refractivity contribution < 1.29 is 9.53 Å². The van der Waals surface area contributed by atoms with Crippen LogP contribution in [-0.4, -0.2) is 23.0 Å². The smallest absolute Gasteiger partial charge is 0.344 e. The van der Waals surface area contributed by atoms with Crippen LogP contribution < -0.4 is 11.1 Å². The molecular formula is C12H19N3O2S. The van der Waals surface area contributed by atoms with Crippen LogP contribution in [0.3, 0.4) is 0 Å². The molecule has 6 heteroatoms. The highest BCUT2D eigenvalue weighted by Crippen LogP contribution is 2.30. The minimum Gasteiger partial charge on any atom is -0.462 e. The Labute approximate surface area is 111 Å². The number of hydrogen-bond donors (Lipinski definition) is 2. The molecule has 100 valence electrons.